The normalized spacial score (nSPS) is 10.8. The Hall–Kier alpha value is -4.40. The van der Waals surface area contributed by atoms with E-state index in [9.17, 15) is 14.4 Å². The van der Waals surface area contributed by atoms with Crippen molar-refractivity contribution in [3.8, 4) is 5.75 Å². The van der Waals surface area contributed by atoms with Crippen molar-refractivity contribution in [2.45, 2.75) is 26.9 Å². The van der Waals surface area contributed by atoms with Crippen LogP contribution in [0, 0.1) is 6.92 Å². The molecule has 0 spiro atoms. The molecule has 4 aromatic rings. The number of ether oxygens (including phenoxy) is 1. The van der Waals surface area contributed by atoms with Gasteiger partial charge in [0, 0.05) is 18.4 Å². The number of fused-ring (bicyclic) bond motifs is 1. The number of pyridine rings is 1. The monoisotopic (exact) mass is 459 g/mol. The van der Waals surface area contributed by atoms with Gasteiger partial charge in [-0.2, -0.15) is 0 Å². The standard InChI is InChI=1S/C25H25N5O4/c1-3-34-21-11-9-20(10-12-21)27-23(31)16-30-25(33)29-15-19(8-13-22(29)28-30)24(32)26-14-18-6-4-17(2)5-7-18/h4-13,15H,3,14,16H2,1-2H3,(H,26,32)(H,27,31). The number of amides is 2. The molecule has 9 nitrogen and oxygen atoms in total. The molecule has 9 heteroatoms. The average molecular weight is 460 g/mol. The molecule has 2 aromatic heterocycles. The van der Waals surface area contributed by atoms with Gasteiger partial charge in [0.15, 0.2) is 5.65 Å². The summed E-state index contributed by atoms with van der Waals surface area (Å²) in [6, 6.07) is 18.0. The van der Waals surface area contributed by atoms with E-state index in [4.69, 9.17) is 4.74 Å². The fourth-order valence-corrected chi connectivity index (χ4v) is 3.38. The third-order valence-electron chi connectivity index (χ3n) is 5.16. The smallest absolute Gasteiger partial charge is 0.350 e. The minimum absolute atomic E-state index is 0.261. The molecule has 2 aromatic carbocycles. The van der Waals surface area contributed by atoms with Crippen LogP contribution in [0.3, 0.4) is 0 Å². The Balaban J connectivity index is 1.42. The minimum Gasteiger partial charge on any atom is -0.494 e. The van der Waals surface area contributed by atoms with Gasteiger partial charge in [0.2, 0.25) is 5.91 Å². The van der Waals surface area contributed by atoms with Crippen molar-refractivity contribution >= 4 is 23.1 Å². The second-order valence-corrected chi connectivity index (χ2v) is 7.76. The van der Waals surface area contributed by atoms with Gasteiger partial charge in [-0.3, -0.25) is 9.59 Å². The van der Waals surface area contributed by atoms with Crippen molar-refractivity contribution in [3.05, 3.63) is 94.0 Å². The van der Waals surface area contributed by atoms with Crippen LogP contribution in [-0.2, 0) is 17.9 Å². The SMILES string of the molecule is CCOc1ccc(NC(=O)Cn2nc3ccc(C(=O)NCc4ccc(C)cc4)cn3c2=O)cc1. The molecule has 2 heterocycles. The van der Waals surface area contributed by atoms with E-state index in [1.54, 1.807) is 36.4 Å². The molecule has 174 valence electrons. The molecule has 4 rings (SSSR count). The molecule has 0 aliphatic rings. The van der Waals surface area contributed by atoms with Gasteiger partial charge < -0.3 is 15.4 Å². The zero-order valence-corrected chi connectivity index (χ0v) is 18.9. The van der Waals surface area contributed by atoms with Crippen LogP contribution in [0.1, 0.15) is 28.4 Å². The van der Waals surface area contributed by atoms with E-state index in [-0.39, 0.29) is 12.5 Å². The number of aromatic nitrogens is 3. The predicted molar refractivity (Wildman–Crippen MR) is 128 cm³/mol. The Kier molecular flexibility index (Phi) is 6.72. The molecule has 34 heavy (non-hydrogen) atoms. The van der Waals surface area contributed by atoms with Crippen LogP contribution < -0.4 is 21.1 Å². The Morgan fingerprint density at radius 3 is 2.44 bits per heavy atom. The van der Waals surface area contributed by atoms with Gasteiger partial charge in [-0.1, -0.05) is 29.8 Å². The first-order valence-corrected chi connectivity index (χ1v) is 10.9. The van der Waals surface area contributed by atoms with Crippen molar-refractivity contribution in [1.82, 2.24) is 19.5 Å². The van der Waals surface area contributed by atoms with Crippen LogP contribution in [0.15, 0.2) is 71.7 Å². The largest absolute Gasteiger partial charge is 0.494 e. The second kappa shape index (κ2) is 10.0. The van der Waals surface area contributed by atoms with Gasteiger partial charge in [0.05, 0.1) is 12.2 Å². The van der Waals surface area contributed by atoms with E-state index in [0.29, 0.717) is 35.8 Å². The molecule has 2 N–H and O–H groups in total. The minimum atomic E-state index is -0.509. The molecule has 0 bridgehead atoms. The summed E-state index contributed by atoms with van der Waals surface area (Å²) in [5.41, 5.74) is 2.85. The van der Waals surface area contributed by atoms with Crippen molar-refractivity contribution in [2.75, 3.05) is 11.9 Å². The number of carbonyl (C=O) groups is 2. The van der Waals surface area contributed by atoms with Crippen molar-refractivity contribution in [2.24, 2.45) is 0 Å². The summed E-state index contributed by atoms with van der Waals surface area (Å²) in [6.07, 6.45) is 1.43. The van der Waals surface area contributed by atoms with Crippen LogP contribution in [0.5, 0.6) is 5.75 Å². The number of nitrogens with zero attached hydrogens (tertiary/aromatic N) is 3. The van der Waals surface area contributed by atoms with Crippen LogP contribution in [-0.4, -0.2) is 32.6 Å². The van der Waals surface area contributed by atoms with Gasteiger partial charge in [-0.25, -0.2) is 13.9 Å². The number of rotatable bonds is 8. The van der Waals surface area contributed by atoms with Gasteiger partial charge in [-0.15, -0.1) is 5.10 Å². The highest BCUT2D eigenvalue weighted by Gasteiger charge is 2.14. The van der Waals surface area contributed by atoms with Crippen molar-refractivity contribution < 1.29 is 14.3 Å². The molecule has 0 aliphatic carbocycles. The molecule has 0 saturated heterocycles. The fourth-order valence-electron chi connectivity index (χ4n) is 3.38. The van der Waals surface area contributed by atoms with Gasteiger partial charge in [-0.05, 0) is 55.8 Å². The number of anilines is 1. The third kappa shape index (κ3) is 5.32. The number of aryl methyl sites for hydroxylation is 1. The first kappa shape index (κ1) is 22.8. The fraction of sp³-hybridized carbons (Fsp3) is 0.200. The molecule has 0 aliphatic heterocycles. The van der Waals surface area contributed by atoms with Gasteiger partial charge in [0.1, 0.15) is 12.3 Å². The molecule has 2 amide bonds. The molecular weight excluding hydrogens is 434 g/mol. The average Bonchev–Trinajstić information content (AvgIpc) is 3.14. The topological polar surface area (TPSA) is 107 Å². The zero-order chi connectivity index (χ0) is 24.1. The van der Waals surface area contributed by atoms with Gasteiger partial charge in [0.25, 0.3) is 5.91 Å². The Labute approximate surface area is 196 Å². The lowest BCUT2D eigenvalue weighted by Gasteiger charge is -2.06. The quantitative estimate of drug-likeness (QED) is 0.421. The summed E-state index contributed by atoms with van der Waals surface area (Å²) < 4.78 is 7.70. The van der Waals surface area contributed by atoms with Crippen molar-refractivity contribution in [3.63, 3.8) is 0 Å². The first-order valence-electron chi connectivity index (χ1n) is 10.9. The molecular formula is C25H25N5O4. The first-order chi connectivity index (χ1) is 16.4. The van der Waals surface area contributed by atoms with E-state index < -0.39 is 11.6 Å². The Morgan fingerprint density at radius 2 is 1.74 bits per heavy atom. The van der Waals surface area contributed by atoms with Crippen LogP contribution in [0.25, 0.3) is 5.65 Å². The molecule has 0 fully saturated rings. The van der Waals surface area contributed by atoms with Crippen molar-refractivity contribution in [1.29, 1.82) is 0 Å². The molecule has 0 saturated carbocycles. The summed E-state index contributed by atoms with van der Waals surface area (Å²) in [7, 11) is 0. The van der Waals surface area contributed by atoms with E-state index in [2.05, 4.69) is 15.7 Å². The molecule has 0 atom stereocenters. The van der Waals surface area contributed by atoms with E-state index in [1.165, 1.54) is 10.6 Å². The van der Waals surface area contributed by atoms with Crippen LogP contribution in [0.2, 0.25) is 0 Å². The summed E-state index contributed by atoms with van der Waals surface area (Å²) in [5, 5.41) is 9.76. The summed E-state index contributed by atoms with van der Waals surface area (Å²) in [5.74, 6) is -0.00289. The molecule has 0 radical (unpaired) electrons. The number of hydrogen-bond acceptors (Lipinski definition) is 5. The number of benzene rings is 2. The Bertz CT molecular complexity index is 1370. The summed E-state index contributed by atoms with van der Waals surface area (Å²) in [6.45, 7) is 4.56. The lowest BCUT2D eigenvalue weighted by molar-refractivity contribution is -0.117. The van der Waals surface area contributed by atoms with E-state index in [1.807, 2.05) is 38.1 Å². The lowest BCUT2D eigenvalue weighted by Crippen LogP contribution is -2.28. The summed E-state index contributed by atoms with van der Waals surface area (Å²) in [4.78, 5) is 37.7. The number of carbonyl (C=O) groups excluding carboxylic acids is 2. The highest BCUT2D eigenvalue weighted by Crippen LogP contribution is 2.15. The third-order valence-corrected chi connectivity index (χ3v) is 5.16. The number of hydrogen-bond donors (Lipinski definition) is 2. The second-order valence-electron chi connectivity index (χ2n) is 7.76. The molecule has 0 unspecified atom stereocenters. The van der Waals surface area contributed by atoms with Crippen LogP contribution in [0.4, 0.5) is 5.69 Å². The van der Waals surface area contributed by atoms with Gasteiger partial charge >= 0.3 is 5.69 Å². The lowest BCUT2D eigenvalue weighted by atomic mass is 10.1. The number of nitrogens with one attached hydrogen (secondary N) is 2. The van der Waals surface area contributed by atoms with E-state index in [0.717, 1.165) is 15.8 Å². The maximum Gasteiger partial charge on any atom is 0.350 e. The van der Waals surface area contributed by atoms with E-state index >= 15 is 0 Å². The Morgan fingerprint density at radius 1 is 1.00 bits per heavy atom. The summed E-state index contributed by atoms with van der Waals surface area (Å²) >= 11 is 0. The maximum absolute atomic E-state index is 12.8. The van der Waals surface area contributed by atoms with Crippen LogP contribution >= 0.6 is 0 Å². The zero-order valence-electron chi connectivity index (χ0n) is 18.9. The highest BCUT2D eigenvalue weighted by atomic mass is 16.5. The maximum atomic E-state index is 12.8. The highest BCUT2D eigenvalue weighted by molar-refractivity contribution is 5.94. The predicted octanol–water partition coefficient (Wildman–Crippen LogP) is 2.77.